The van der Waals surface area contributed by atoms with E-state index in [1.807, 2.05) is 0 Å². The quantitative estimate of drug-likeness (QED) is 0.581. The molecule has 0 radical (unpaired) electrons. The van der Waals surface area contributed by atoms with Crippen LogP contribution in [0.1, 0.15) is 25.7 Å². The molecule has 1 rings (SSSR count). The van der Waals surface area contributed by atoms with Gasteiger partial charge in [0.2, 0.25) is 10.0 Å². The summed E-state index contributed by atoms with van der Waals surface area (Å²) in [4.78, 5) is 2.38. The number of nitrogens with zero attached hydrogens (tertiary/aromatic N) is 1. The van der Waals surface area contributed by atoms with E-state index in [1.165, 1.54) is 25.9 Å². The van der Waals surface area contributed by atoms with E-state index in [9.17, 15) is 8.42 Å². The van der Waals surface area contributed by atoms with E-state index in [-0.39, 0.29) is 5.75 Å². The van der Waals surface area contributed by atoms with Gasteiger partial charge in [-0.1, -0.05) is 0 Å². The van der Waals surface area contributed by atoms with E-state index >= 15 is 0 Å². The number of hydrogen-bond acceptors (Lipinski definition) is 4. The maximum absolute atomic E-state index is 11.4. The van der Waals surface area contributed by atoms with Gasteiger partial charge in [-0.2, -0.15) is 0 Å². The van der Waals surface area contributed by atoms with Gasteiger partial charge in [-0.05, 0) is 51.9 Å². The third-order valence-electron chi connectivity index (χ3n) is 2.79. The summed E-state index contributed by atoms with van der Waals surface area (Å²) >= 11 is 0. The number of nitrogens with one attached hydrogen (secondary N) is 1. The molecule has 0 aliphatic carbocycles. The van der Waals surface area contributed by atoms with Gasteiger partial charge in [-0.25, -0.2) is 13.1 Å². The lowest BCUT2D eigenvalue weighted by Gasteiger charge is -2.14. The van der Waals surface area contributed by atoms with Gasteiger partial charge in [0.05, 0.1) is 5.75 Å². The Bertz CT molecular complexity index is 274. The van der Waals surface area contributed by atoms with Crippen molar-refractivity contribution in [3.8, 4) is 0 Å². The van der Waals surface area contributed by atoms with Crippen LogP contribution in [0.15, 0.2) is 0 Å². The Morgan fingerprint density at radius 3 is 2.50 bits per heavy atom. The van der Waals surface area contributed by atoms with Gasteiger partial charge in [-0.3, -0.25) is 0 Å². The van der Waals surface area contributed by atoms with Gasteiger partial charge in [0.15, 0.2) is 0 Å². The highest BCUT2D eigenvalue weighted by Crippen LogP contribution is 2.06. The minimum Gasteiger partial charge on any atom is -0.330 e. The molecule has 3 N–H and O–H groups in total. The molecule has 0 spiro atoms. The van der Waals surface area contributed by atoms with Crippen LogP contribution in [0.3, 0.4) is 0 Å². The number of likely N-dealkylation sites (tertiary alicyclic amines) is 1. The zero-order valence-electron chi connectivity index (χ0n) is 9.82. The maximum atomic E-state index is 11.4. The number of rotatable bonds is 8. The average molecular weight is 249 g/mol. The van der Waals surface area contributed by atoms with E-state index in [0.717, 1.165) is 13.0 Å². The van der Waals surface area contributed by atoms with Crippen LogP contribution in [0.25, 0.3) is 0 Å². The first-order valence-electron chi connectivity index (χ1n) is 6.04. The predicted molar refractivity (Wildman–Crippen MR) is 65.8 cm³/mol. The Hall–Kier alpha value is -0.170. The third-order valence-corrected chi connectivity index (χ3v) is 4.26. The first-order chi connectivity index (χ1) is 7.64. The van der Waals surface area contributed by atoms with Crippen molar-refractivity contribution >= 4 is 10.0 Å². The second-order valence-corrected chi connectivity index (χ2v) is 6.18. The molecular weight excluding hydrogens is 226 g/mol. The van der Waals surface area contributed by atoms with E-state index < -0.39 is 10.0 Å². The summed E-state index contributed by atoms with van der Waals surface area (Å²) in [7, 11) is -3.09. The Kier molecular flexibility index (Phi) is 6.26. The second-order valence-electron chi connectivity index (χ2n) is 4.26. The average Bonchev–Trinajstić information content (AvgIpc) is 2.75. The molecule has 1 fully saturated rings. The lowest BCUT2D eigenvalue weighted by molar-refractivity contribution is 0.334. The SMILES string of the molecule is NCCCS(=O)(=O)NCCCN1CCCC1. The van der Waals surface area contributed by atoms with Crippen molar-refractivity contribution in [1.82, 2.24) is 9.62 Å². The summed E-state index contributed by atoms with van der Waals surface area (Å²) in [6.07, 6.45) is 3.98. The van der Waals surface area contributed by atoms with Gasteiger partial charge >= 0.3 is 0 Å². The molecule has 96 valence electrons. The Morgan fingerprint density at radius 1 is 1.19 bits per heavy atom. The van der Waals surface area contributed by atoms with Crippen molar-refractivity contribution in [3.63, 3.8) is 0 Å². The van der Waals surface area contributed by atoms with Crippen LogP contribution < -0.4 is 10.5 Å². The summed E-state index contributed by atoms with van der Waals surface area (Å²) in [5.74, 6) is 0.146. The molecule has 6 heteroatoms. The molecule has 0 atom stereocenters. The minimum absolute atomic E-state index is 0.146. The van der Waals surface area contributed by atoms with Crippen LogP contribution in [0.5, 0.6) is 0 Å². The van der Waals surface area contributed by atoms with E-state index in [0.29, 0.717) is 19.5 Å². The second kappa shape index (κ2) is 7.21. The lowest BCUT2D eigenvalue weighted by atomic mass is 10.4. The van der Waals surface area contributed by atoms with Crippen molar-refractivity contribution in [3.05, 3.63) is 0 Å². The van der Waals surface area contributed by atoms with Crippen LogP contribution in [-0.2, 0) is 10.0 Å². The molecule has 5 nitrogen and oxygen atoms in total. The smallest absolute Gasteiger partial charge is 0.211 e. The zero-order valence-corrected chi connectivity index (χ0v) is 10.6. The van der Waals surface area contributed by atoms with Gasteiger partial charge < -0.3 is 10.6 Å². The Labute approximate surface area is 98.4 Å². The summed E-state index contributed by atoms with van der Waals surface area (Å²) in [5.41, 5.74) is 5.27. The van der Waals surface area contributed by atoms with Crippen molar-refractivity contribution in [2.24, 2.45) is 5.73 Å². The minimum atomic E-state index is -3.09. The summed E-state index contributed by atoms with van der Waals surface area (Å²) in [6, 6.07) is 0. The fraction of sp³-hybridized carbons (Fsp3) is 1.00. The fourth-order valence-corrected chi connectivity index (χ4v) is 3.03. The molecule has 0 aromatic heterocycles. The van der Waals surface area contributed by atoms with Crippen molar-refractivity contribution in [2.45, 2.75) is 25.7 Å². The standard InChI is InChI=1S/C10H23N3O2S/c11-5-3-10-16(14,15)12-6-4-9-13-7-1-2-8-13/h12H,1-11H2. The highest BCUT2D eigenvalue weighted by atomic mass is 32.2. The van der Waals surface area contributed by atoms with Crippen molar-refractivity contribution in [2.75, 3.05) is 38.5 Å². The molecule has 0 amide bonds. The Balaban J connectivity index is 2.05. The summed E-state index contributed by atoms with van der Waals surface area (Å²) in [6.45, 7) is 4.30. The van der Waals surface area contributed by atoms with Crippen LogP contribution in [0, 0.1) is 0 Å². The van der Waals surface area contributed by atoms with Gasteiger partial charge in [-0.15, -0.1) is 0 Å². The van der Waals surface area contributed by atoms with Gasteiger partial charge in [0.1, 0.15) is 0 Å². The number of hydrogen-bond donors (Lipinski definition) is 2. The monoisotopic (exact) mass is 249 g/mol. The molecule has 0 aromatic rings. The first kappa shape index (κ1) is 13.9. The number of sulfonamides is 1. The molecule has 1 saturated heterocycles. The zero-order chi connectivity index (χ0) is 11.9. The molecule has 0 unspecified atom stereocenters. The summed E-state index contributed by atoms with van der Waals surface area (Å²) < 4.78 is 25.4. The molecule has 0 aromatic carbocycles. The molecule has 0 bridgehead atoms. The molecule has 0 saturated carbocycles. The largest absolute Gasteiger partial charge is 0.330 e. The molecule has 1 aliphatic heterocycles. The first-order valence-corrected chi connectivity index (χ1v) is 7.69. The predicted octanol–water partition coefficient (Wildman–Crippen LogP) is -0.259. The topological polar surface area (TPSA) is 75.4 Å². The van der Waals surface area contributed by atoms with Crippen LogP contribution in [0.4, 0.5) is 0 Å². The molecule has 16 heavy (non-hydrogen) atoms. The van der Waals surface area contributed by atoms with E-state index in [2.05, 4.69) is 9.62 Å². The normalized spacial score (nSPS) is 18.1. The lowest BCUT2D eigenvalue weighted by Crippen LogP contribution is -2.30. The fourth-order valence-electron chi connectivity index (χ4n) is 1.88. The molecule has 1 aliphatic rings. The van der Waals surface area contributed by atoms with E-state index in [4.69, 9.17) is 5.73 Å². The van der Waals surface area contributed by atoms with Crippen molar-refractivity contribution in [1.29, 1.82) is 0 Å². The molecule has 1 heterocycles. The van der Waals surface area contributed by atoms with Crippen LogP contribution >= 0.6 is 0 Å². The highest BCUT2D eigenvalue weighted by molar-refractivity contribution is 7.89. The maximum Gasteiger partial charge on any atom is 0.211 e. The van der Waals surface area contributed by atoms with Gasteiger partial charge in [0, 0.05) is 6.54 Å². The third kappa shape index (κ3) is 5.79. The van der Waals surface area contributed by atoms with Gasteiger partial charge in [0.25, 0.3) is 0 Å². The van der Waals surface area contributed by atoms with Crippen LogP contribution in [-0.4, -0.2) is 51.8 Å². The summed E-state index contributed by atoms with van der Waals surface area (Å²) in [5, 5.41) is 0. The highest BCUT2D eigenvalue weighted by Gasteiger charge is 2.12. The molecular formula is C10H23N3O2S. The van der Waals surface area contributed by atoms with Crippen LogP contribution in [0.2, 0.25) is 0 Å². The number of nitrogens with two attached hydrogens (primary N) is 1. The van der Waals surface area contributed by atoms with Crippen molar-refractivity contribution < 1.29 is 8.42 Å². The van der Waals surface area contributed by atoms with E-state index in [1.54, 1.807) is 0 Å². The Morgan fingerprint density at radius 2 is 1.88 bits per heavy atom.